The van der Waals surface area contributed by atoms with Crippen molar-refractivity contribution < 1.29 is 23.7 Å². The van der Waals surface area contributed by atoms with Gasteiger partial charge in [0.1, 0.15) is 5.82 Å². The highest BCUT2D eigenvalue weighted by Gasteiger charge is 2.36. The van der Waals surface area contributed by atoms with Crippen molar-refractivity contribution >= 4 is 17.7 Å². The molecule has 10 heteroatoms. The SMILES string of the molecule is COc1cc([C@H]2CC(=O)Nc3nc(N)[nH]c(=O)c32)c(OC)c2c1OCO2. The number of aromatic nitrogens is 2. The van der Waals surface area contributed by atoms with Gasteiger partial charge in [-0.2, -0.15) is 4.98 Å². The molecule has 2 aromatic rings. The van der Waals surface area contributed by atoms with E-state index < -0.39 is 11.5 Å². The molecule has 2 aliphatic heterocycles. The predicted molar refractivity (Wildman–Crippen MR) is 90.0 cm³/mol. The molecule has 0 saturated heterocycles. The first-order chi connectivity index (χ1) is 12.5. The van der Waals surface area contributed by atoms with E-state index in [2.05, 4.69) is 15.3 Å². The van der Waals surface area contributed by atoms with Crippen LogP contribution in [0.2, 0.25) is 0 Å². The van der Waals surface area contributed by atoms with Crippen molar-refractivity contribution in [3.05, 3.63) is 27.5 Å². The standard InChI is InChI=1S/C16H16N4O6/c1-23-8-3-7(11(24-2)13-12(8)25-5-26-13)6-4-9(21)18-14-10(6)15(22)20-16(17)19-14/h3,6H,4-5H2,1-2H3,(H4,17,18,19,20,21,22)/t6-/m1/s1. The third-order valence-electron chi connectivity index (χ3n) is 4.36. The van der Waals surface area contributed by atoms with Gasteiger partial charge in [0.2, 0.25) is 30.1 Å². The quantitative estimate of drug-likeness (QED) is 0.722. The number of H-pyrrole nitrogens is 1. The Hall–Kier alpha value is -3.43. The lowest BCUT2D eigenvalue weighted by Crippen LogP contribution is -2.31. The summed E-state index contributed by atoms with van der Waals surface area (Å²) in [6.45, 7) is 0.0198. The summed E-state index contributed by atoms with van der Waals surface area (Å²) in [5, 5.41) is 2.58. The highest BCUT2D eigenvalue weighted by atomic mass is 16.7. The summed E-state index contributed by atoms with van der Waals surface area (Å²) < 4.78 is 21.8. The highest BCUT2D eigenvalue weighted by Crippen LogP contribution is 2.53. The van der Waals surface area contributed by atoms with E-state index in [0.29, 0.717) is 28.6 Å². The third kappa shape index (κ3) is 2.30. The number of nitrogens with two attached hydrogens (primary N) is 1. The number of ether oxygens (including phenoxy) is 4. The predicted octanol–water partition coefficient (Wildman–Crippen LogP) is 0.572. The summed E-state index contributed by atoms with van der Waals surface area (Å²) >= 11 is 0. The first-order valence-corrected chi connectivity index (χ1v) is 7.77. The zero-order valence-corrected chi connectivity index (χ0v) is 14.0. The Morgan fingerprint density at radius 3 is 2.73 bits per heavy atom. The monoisotopic (exact) mass is 360 g/mol. The average molecular weight is 360 g/mol. The first kappa shape index (κ1) is 16.1. The smallest absolute Gasteiger partial charge is 0.258 e. The number of amides is 1. The molecule has 26 heavy (non-hydrogen) atoms. The minimum atomic E-state index is -0.617. The molecule has 0 fully saturated rings. The van der Waals surface area contributed by atoms with Gasteiger partial charge in [-0.05, 0) is 6.07 Å². The number of rotatable bonds is 3. The van der Waals surface area contributed by atoms with E-state index in [1.165, 1.54) is 14.2 Å². The second-order valence-electron chi connectivity index (χ2n) is 5.78. The Morgan fingerprint density at radius 1 is 1.23 bits per heavy atom. The number of nitrogens with one attached hydrogen (secondary N) is 2. The Labute approximate surface area is 147 Å². The summed E-state index contributed by atoms with van der Waals surface area (Å²) in [6.07, 6.45) is 0.0286. The zero-order valence-electron chi connectivity index (χ0n) is 14.0. The number of anilines is 2. The molecular formula is C16H16N4O6. The number of carbonyl (C=O) groups excluding carboxylic acids is 1. The van der Waals surface area contributed by atoms with Gasteiger partial charge in [0.25, 0.3) is 5.56 Å². The maximum atomic E-state index is 12.5. The molecule has 4 N–H and O–H groups in total. The number of hydrogen-bond acceptors (Lipinski definition) is 8. The number of nitrogen functional groups attached to an aromatic ring is 1. The summed E-state index contributed by atoms with van der Waals surface area (Å²) in [5.74, 6) is 0.719. The molecule has 2 aliphatic rings. The van der Waals surface area contributed by atoms with Gasteiger partial charge in [0.15, 0.2) is 11.5 Å². The van der Waals surface area contributed by atoms with Gasteiger partial charge in [-0.3, -0.25) is 14.6 Å². The van der Waals surface area contributed by atoms with Crippen LogP contribution in [0.1, 0.15) is 23.5 Å². The normalized spacial score (nSPS) is 17.5. The van der Waals surface area contributed by atoms with Gasteiger partial charge in [-0.1, -0.05) is 0 Å². The molecule has 136 valence electrons. The van der Waals surface area contributed by atoms with E-state index in [9.17, 15) is 9.59 Å². The molecule has 0 aliphatic carbocycles. The van der Waals surface area contributed by atoms with Crippen molar-refractivity contribution in [1.82, 2.24) is 9.97 Å². The Balaban J connectivity index is 1.97. The van der Waals surface area contributed by atoms with E-state index in [4.69, 9.17) is 24.7 Å². The van der Waals surface area contributed by atoms with E-state index in [1.807, 2.05) is 0 Å². The van der Waals surface area contributed by atoms with Gasteiger partial charge >= 0.3 is 0 Å². The second kappa shape index (κ2) is 5.83. The lowest BCUT2D eigenvalue weighted by molar-refractivity contribution is -0.116. The minimum Gasteiger partial charge on any atom is -0.493 e. The molecule has 1 aromatic carbocycles. The largest absolute Gasteiger partial charge is 0.493 e. The third-order valence-corrected chi connectivity index (χ3v) is 4.36. The number of hydrogen-bond donors (Lipinski definition) is 3. The Kier molecular flexibility index (Phi) is 3.60. The molecule has 0 radical (unpaired) electrons. The van der Waals surface area contributed by atoms with Crippen LogP contribution in [-0.4, -0.2) is 36.9 Å². The molecule has 10 nitrogen and oxygen atoms in total. The number of nitrogens with zero attached hydrogens (tertiary/aromatic N) is 1. The Morgan fingerprint density at radius 2 is 2.00 bits per heavy atom. The number of benzene rings is 1. The van der Waals surface area contributed by atoms with Gasteiger partial charge in [-0.15, -0.1) is 0 Å². The lowest BCUT2D eigenvalue weighted by atomic mass is 9.85. The van der Waals surface area contributed by atoms with Crippen LogP contribution >= 0.6 is 0 Å². The van der Waals surface area contributed by atoms with Gasteiger partial charge < -0.3 is 30.0 Å². The molecular weight excluding hydrogens is 344 g/mol. The molecule has 0 unspecified atom stereocenters. The van der Waals surface area contributed by atoms with Crippen LogP contribution in [0.25, 0.3) is 0 Å². The van der Waals surface area contributed by atoms with Crippen LogP contribution in [-0.2, 0) is 4.79 Å². The van der Waals surface area contributed by atoms with Crippen LogP contribution in [0.4, 0.5) is 11.8 Å². The molecule has 0 spiro atoms. The van der Waals surface area contributed by atoms with Crippen molar-refractivity contribution in [2.75, 3.05) is 32.1 Å². The van der Waals surface area contributed by atoms with E-state index in [1.54, 1.807) is 6.07 Å². The first-order valence-electron chi connectivity index (χ1n) is 7.77. The van der Waals surface area contributed by atoms with Crippen molar-refractivity contribution in [3.8, 4) is 23.0 Å². The molecule has 0 saturated carbocycles. The molecule has 1 amide bonds. The second-order valence-corrected chi connectivity index (χ2v) is 5.78. The lowest BCUT2D eigenvalue weighted by Gasteiger charge is -2.26. The van der Waals surface area contributed by atoms with Crippen molar-refractivity contribution in [2.45, 2.75) is 12.3 Å². The molecule has 3 heterocycles. The van der Waals surface area contributed by atoms with E-state index >= 15 is 0 Å². The van der Waals surface area contributed by atoms with Gasteiger partial charge in [-0.25, -0.2) is 0 Å². The van der Waals surface area contributed by atoms with Crippen molar-refractivity contribution in [3.63, 3.8) is 0 Å². The van der Waals surface area contributed by atoms with Crippen molar-refractivity contribution in [1.29, 1.82) is 0 Å². The summed E-state index contributed by atoms with van der Waals surface area (Å²) in [7, 11) is 2.96. The topological polar surface area (TPSA) is 138 Å². The Bertz CT molecular complexity index is 970. The summed E-state index contributed by atoms with van der Waals surface area (Å²) in [4.78, 5) is 31.2. The molecule has 0 bridgehead atoms. The van der Waals surface area contributed by atoms with Gasteiger partial charge in [0.05, 0.1) is 19.8 Å². The summed E-state index contributed by atoms with van der Waals surface area (Å²) in [5.41, 5.74) is 6.00. The van der Waals surface area contributed by atoms with E-state index in [0.717, 1.165) is 0 Å². The number of fused-ring (bicyclic) bond motifs is 2. The maximum absolute atomic E-state index is 12.5. The average Bonchev–Trinajstić information content (AvgIpc) is 3.08. The number of methoxy groups -OCH3 is 2. The van der Waals surface area contributed by atoms with Crippen molar-refractivity contribution in [2.24, 2.45) is 0 Å². The highest BCUT2D eigenvalue weighted by molar-refractivity contribution is 5.94. The summed E-state index contributed by atoms with van der Waals surface area (Å²) in [6, 6.07) is 1.68. The zero-order chi connectivity index (χ0) is 18.4. The van der Waals surface area contributed by atoms with Gasteiger partial charge in [0, 0.05) is 17.9 Å². The minimum absolute atomic E-state index is 0.0198. The maximum Gasteiger partial charge on any atom is 0.258 e. The van der Waals surface area contributed by atoms with Crippen LogP contribution < -0.4 is 35.6 Å². The fourth-order valence-corrected chi connectivity index (χ4v) is 3.31. The molecule has 1 aromatic heterocycles. The van der Waals surface area contributed by atoms with Crippen LogP contribution in [0, 0.1) is 0 Å². The van der Waals surface area contributed by atoms with Crippen LogP contribution in [0.3, 0.4) is 0 Å². The fourth-order valence-electron chi connectivity index (χ4n) is 3.31. The van der Waals surface area contributed by atoms with Crippen LogP contribution in [0.5, 0.6) is 23.0 Å². The van der Waals surface area contributed by atoms with Crippen LogP contribution in [0.15, 0.2) is 10.9 Å². The number of aromatic amines is 1. The molecule has 1 atom stereocenters. The van der Waals surface area contributed by atoms with E-state index in [-0.39, 0.29) is 36.5 Å². The molecule has 4 rings (SSSR count). The fraction of sp³-hybridized carbons (Fsp3) is 0.312. The number of carbonyl (C=O) groups is 1.